The topological polar surface area (TPSA) is 111 Å². The van der Waals surface area contributed by atoms with Crippen LogP contribution in [0.25, 0.3) is 0 Å². The van der Waals surface area contributed by atoms with Crippen LogP contribution >= 0.6 is 11.6 Å². The maximum Gasteiger partial charge on any atom is 0.240 e. The number of aryl methyl sites for hydroxylation is 1. The fraction of sp³-hybridized carbons (Fsp3) is 0.273. The molecule has 0 bridgehead atoms. The van der Waals surface area contributed by atoms with Crippen LogP contribution in [0, 0.1) is 6.92 Å². The number of sulfonamides is 1. The summed E-state index contributed by atoms with van der Waals surface area (Å²) in [5, 5.41) is 3.95. The van der Waals surface area contributed by atoms with Crippen molar-refractivity contribution in [3.63, 3.8) is 0 Å². The molecule has 0 amide bonds. The molecule has 20 heavy (non-hydrogen) atoms. The fourth-order valence-electron chi connectivity index (χ4n) is 1.60. The number of hydrogen-bond acceptors (Lipinski definition) is 6. The molecular formula is C11H13ClN4O3S. The number of benzene rings is 1. The number of nitrogens with two attached hydrogens (primary N) is 1. The Labute approximate surface area is 121 Å². The second-order valence-electron chi connectivity index (χ2n) is 4.14. The minimum absolute atomic E-state index is 0.0741. The molecule has 0 spiro atoms. The molecule has 3 N–H and O–H groups in total. The third kappa shape index (κ3) is 3.27. The number of hydrogen-bond donors (Lipinski definition) is 2. The maximum absolute atomic E-state index is 12.1. The van der Waals surface area contributed by atoms with E-state index in [0.717, 1.165) is 0 Å². The third-order valence-electron chi connectivity index (χ3n) is 2.61. The highest BCUT2D eigenvalue weighted by atomic mass is 35.5. The van der Waals surface area contributed by atoms with Crippen molar-refractivity contribution >= 4 is 27.3 Å². The van der Waals surface area contributed by atoms with Gasteiger partial charge in [-0.15, -0.1) is 0 Å². The third-order valence-corrected chi connectivity index (χ3v) is 4.57. The van der Waals surface area contributed by atoms with Gasteiger partial charge < -0.3 is 10.3 Å². The number of aromatic nitrogens is 2. The van der Waals surface area contributed by atoms with Crippen molar-refractivity contribution in [1.82, 2.24) is 14.9 Å². The van der Waals surface area contributed by atoms with Crippen molar-refractivity contribution in [1.29, 1.82) is 0 Å². The molecule has 0 aliphatic rings. The smallest absolute Gasteiger partial charge is 0.240 e. The SMILES string of the molecule is Cc1cc(S(=O)(=O)NCCc2ncon2)cc(N)c1Cl. The lowest BCUT2D eigenvalue weighted by Gasteiger charge is -2.09. The minimum Gasteiger partial charge on any atom is -0.397 e. The van der Waals surface area contributed by atoms with Gasteiger partial charge in [0, 0.05) is 13.0 Å². The Bertz CT molecular complexity index is 677. The van der Waals surface area contributed by atoms with Crippen molar-refractivity contribution in [2.24, 2.45) is 0 Å². The molecule has 0 radical (unpaired) electrons. The number of rotatable bonds is 5. The number of halogens is 1. The maximum atomic E-state index is 12.1. The molecule has 0 aliphatic carbocycles. The summed E-state index contributed by atoms with van der Waals surface area (Å²) < 4.78 is 31.2. The monoisotopic (exact) mass is 316 g/mol. The predicted molar refractivity (Wildman–Crippen MR) is 73.8 cm³/mol. The average Bonchev–Trinajstić information content (AvgIpc) is 2.88. The molecule has 2 rings (SSSR count). The Balaban J connectivity index is 2.10. The van der Waals surface area contributed by atoms with Crippen molar-refractivity contribution in [3.8, 4) is 0 Å². The molecule has 9 heteroatoms. The molecule has 1 heterocycles. The van der Waals surface area contributed by atoms with E-state index in [9.17, 15) is 8.42 Å². The van der Waals surface area contributed by atoms with E-state index in [1.165, 1.54) is 18.5 Å². The second kappa shape index (κ2) is 5.78. The molecule has 7 nitrogen and oxygen atoms in total. The van der Waals surface area contributed by atoms with Crippen LogP contribution in [0.4, 0.5) is 5.69 Å². The summed E-state index contributed by atoms with van der Waals surface area (Å²) in [4.78, 5) is 3.87. The van der Waals surface area contributed by atoms with Crippen LogP contribution in [0.5, 0.6) is 0 Å². The van der Waals surface area contributed by atoms with Crippen LogP contribution in [0.1, 0.15) is 11.4 Å². The van der Waals surface area contributed by atoms with E-state index in [1.807, 2.05) is 0 Å². The van der Waals surface area contributed by atoms with E-state index in [1.54, 1.807) is 6.92 Å². The molecule has 0 fully saturated rings. The van der Waals surface area contributed by atoms with Gasteiger partial charge in [-0.05, 0) is 24.6 Å². The summed E-state index contributed by atoms with van der Waals surface area (Å²) in [6.07, 6.45) is 1.52. The molecule has 0 saturated heterocycles. The van der Waals surface area contributed by atoms with Gasteiger partial charge in [-0.25, -0.2) is 13.1 Å². The van der Waals surface area contributed by atoms with Gasteiger partial charge in [0.2, 0.25) is 16.4 Å². The first kappa shape index (κ1) is 14.8. The Kier molecular flexibility index (Phi) is 4.26. The molecule has 0 atom stereocenters. The van der Waals surface area contributed by atoms with Gasteiger partial charge in [0.25, 0.3) is 0 Å². The summed E-state index contributed by atoms with van der Waals surface area (Å²) in [7, 11) is -3.65. The lowest BCUT2D eigenvalue weighted by atomic mass is 10.2. The van der Waals surface area contributed by atoms with Crippen molar-refractivity contribution in [2.45, 2.75) is 18.2 Å². The van der Waals surface area contributed by atoms with Gasteiger partial charge >= 0.3 is 0 Å². The Morgan fingerprint density at radius 1 is 1.45 bits per heavy atom. The van der Waals surface area contributed by atoms with E-state index in [0.29, 0.717) is 22.8 Å². The second-order valence-corrected chi connectivity index (χ2v) is 6.28. The number of nitrogens with zero attached hydrogens (tertiary/aromatic N) is 2. The molecule has 0 unspecified atom stereocenters. The zero-order valence-electron chi connectivity index (χ0n) is 10.6. The fourth-order valence-corrected chi connectivity index (χ4v) is 2.86. The van der Waals surface area contributed by atoms with E-state index in [-0.39, 0.29) is 17.1 Å². The Hall–Kier alpha value is -1.64. The van der Waals surface area contributed by atoms with Gasteiger partial charge in [-0.3, -0.25) is 0 Å². The summed E-state index contributed by atoms with van der Waals surface area (Å²) in [6, 6.07) is 2.79. The largest absolute Gasteiger partial charge is 0.397 e. The van der Waals surface area contributed by atoms with E-state index >= 15 is 0 Å². The predicted octanol–water partition coefficient (Wildman–Crippen LogP) is 1.13. The quantitative estimate of drug-likeness (QED) is 0.800. The lowest BCUT2D eigenvalue weighted by molar-refractivity contribution is 0.410. The standard InChI is InChI=1S/C11H13ClN4O3S/c1-7-4-8(5-9(13)11(7)12)20(17,18)15-3-2-10-14-6-19-16-10/h4-6,15H,2-3,13H2,1H3. The normalized spacial score (nSPS) is 11.7. The summed E-state index contributed by atoms with van der Waals surface area (Å²) in [5.74, 6) is 0.430. The minimum atomic E-state index is -3.65. The molecule has 1 aromatic carbocycles. The molecule has 108 valence electrons. The van der Waals surface area contributed by atoms with Crippen LogP contribution in [0.3, 0.4) is 0 Å². The lowest BCUT2D eigenvalue weighted by Crippen LogP contribution is -2.26. The Morgan fingerprint density at radius 2 is 2.20 bits per heavy atom. The van der Waals surface area contributed by atoms with Crippen LogP contribution < -0.4 is 10.5 Å². The van der Waals surface area contributed by atoms with Crippen LogP contribution in [-0.2, 0) is 16.4 Å². The summed E-state index contributed by atoms with van der Waals surface area (Å²) in [6.45, 7) is 1.85. The van der Waals surface area contributed by atoms with Gasteiger partial charge in [-0.1, -0.05) is 16.8 Å². The summed E-state index contributed by atoms with van der Waals surface area (Å²) >= 11 is 5.90. The first-order valence-electron chi connectivity index (χ1n) is 5.70. The van der Waals surface area contributed by atoms with E-state index < -0.39 is 10.0 Å². The van der Waals surface area contributed by atoms with Crippen molar-refractivity contribution in [3.05, 3.63) is 34.9 Å². The number of nitrogen functional groups attached to an aromatic ring is 1. The zero-order valence-corrected chi connectivity index (χ0v) is 12.2. The van der Waals surface area contributed by atoms with Gasteiger partial charge in [0.05, 0.1) is 15.6 Å². The highest BCUT2D eigenvalue weighted by Gasteiger charge is 2.16. The Morgan fingerprint density at radius 3 is 2.80 bits per heavy atom. The highest BCUT2D eigenvalue weighted by molar-refractivity contribution is 7.89. The molecule has 2 aromatic rings. The average molecular weight is 317 g/mol. The van der Waals surface area contributed by atoms with E-state index in [2.05, 4.69) is 19.4 Å². The van der Waals surface area contributed by atoms with Crippen LogP contribution in [-0.4, -0.2) is 25.1 Å². The van der Waals surface area contributed by atoms with Crippen molar-refractivity contribution < 1.29 is 12.9 Å². The number of anilines is 1. The van der Waals surface area contributed by atoms with Gasteiger partial charge in [0.1, 0.15) is 0 Å². The van der Waals surface area contributed by atoms with Crippen LogP contribution in [0.2, 0.25) is 5.02 Å². The van der Waals surface area contributed by atoms with Gasteiger partial charge in [-0.2, -0.15) is 4.98 Å². The van der Waals surface area contributed by atoms with Gasteiger partial charge in [0.15, 0.2) is 5.82 Å². The molecule has 0 aliphatic heterocycles. The van der Waals surface area contributed by atoms with Crippen LogP contribution in [0.15, 0.2) is 27.9 Å². The first-order chi connectivity index (χ1) is 9.40. The molecule has 0 saturated carbocycles. The zero-order chi connectivity index (χ0) is 14.8. The molecular weight excluding hydrogens is 304 g/mol. The molecule has 1 aromatic heterocycles. The van der Waals surface area contributed by atoms with E-state index in [4.69, 9.17) is 17.3 Å². The number of nitrogens with one attached hydrogen (secondary N) is 1. The summed E-state index contributed by atoms with van der Waals surface area (Å²) in [5.41, 5.74) is 6.50. The van der Waals surface area contributed by atoms with Crippen molar-refractivity contribution in [2.75, 3.05) is 12.3 Å². The highest BCUT2D eigenvalue weighted by Crippen LogP contribution is 2.26. The first-order valence-corrected chi connectivity index (χ1v) is 7.57.